The summed E-state index contributed by atoms with van der Waals surface area (Å²) in [6, 6.07) is 14.1. The number of piperidine rings is 1. The Bertz CT molecular complexity index is 2370. The van der Waals surface area contributed by atoms with Crippen LogP contribution in [0.25, 0.3) is 22.7 Å². The highest BCUT2D eigenvalue weighted by atomic mass is 19.1. The van der Waals surface area contributed by atoms with Crippen LogP contribution in [0.15, 0.2) is 91.4 Å². The van der Waals surface area contributed by atoms with E-state index >= 15 is 8.78 Å². The molecule has 0 amide bonds. The highest BCUT2D eigenvalue weighted by molar-refractivity contribution is 6.16. The third-order valence-electron chi connectivity index (χ3n) is 13.3. The second kappa shape index (κ2) is 17.8. The number of likely N-dealkylation sites (tertiary alicyclic amines) is 1. The molecule has 3 atom stereocenters. The van der Waals surface area contributed by atoms with Crippen molar-refractivity contribution in [3.63, 3.8) is 0 Å². The number of aromatic nitrogens is 3. The van der Waals surface area contributed by atoms with Gasteiger partial charge in [0.2, 0.25) is 5.96 Å². The molecule has 2 N–H and O–H groups in total. The van der Waals surface area contributed by atoms with E-state index in [2.05, 4.69) is 101 Å². The molecule has 0 unspecified atom stereocenters. The number of benzene rings is 2. The van der Waals surface area contributed by atoms with Crippen LogP contribution in [-0.4, -0.2) is 69.8 Å². The molecule has 6 heterocycles. The van der Waals surface area contributed by atoms with Crippen molar-refractivity contribution in [2.75, 3.05) is 43.4 Å². The molecule has 0 spiro atoms. The number of nitrogens with zero attached hydrogens (tertiary/aromatic N) is 7. The molecule has 61 heavy (non-hydrogen) atoms. The fourth-order valence-corrected chi connectivity index (χ4v) is 9.70. The minimum absolute atomic E-state index is 0.108. The number of fused-ring (bicyclic) bond motifs is 7. The lowest BCUT2D eigenvalue weighted by molar-refractivity contribution is 0.271. The van der Waals surface area contributed by atoms with Crippen LogP contribution in [0, 0.1) is 24.5 Å². The zero-order valence-corrected chi connectivity index (χ0v) is 36.5. The zero-order chi connectivity index (χ0) is 42.9. The largest absolute Gasteiger partial charge is 0.372 e. The number of nitrogens with one attached hydrogen (secondary N) is 2. The number of aryl methyl sites for hydroxylation is 2. The predicted molar refractivity (Wildman–Crippen MR) is 246 cm³/mol. The first-order valence-electron chi connectivity index (χ1n) is 22.0. The van der Waals surface area contributed by atoms with Gasteiger partial charge in [0.25, 0.3) is 0 Å². The van der Waals surface area contributed by atoms with Gasteiger partial charge in [-0.25, -0.2) is 13.8 Å². The number of rotatable bonds is 7. The fraction of sp³-hybridized carbons (Fsp3) is 0.420. The smallest absolute Gasteiger partial charge is 0.208 e. The lowest BCUT2D eigenvalue weighted by Crippen LogP contribution is -2.34. The van der Waals surface area contributed by atoms with Crippen LogP contribution >= 0.6 is 0 Å². The first-order valence-corrected chi connectivity index (χ1v) is 22.0. The second-order valence-electron chi connectivity index (χ2n) is 17.8. The first kappa shape index (κ1) is 42.2. The van der Waals surface area contributed by atoms with E-state index in [0.717, 1.165) is 128 Å². The Hall–Kier alpha value is -5.55. The lowest BCUT2D eigenvalue weighted by atomic mass is 9.86. The van der Waals surface area contributed by atoms with Gasteiger partial charge in [0, 0.05) is 90.9 Å². The highest BCUT2D eigenvalue weighted by Gasteiger charge is 2.30. The molecule has 2 fully saturated rings. The van der Waals surface area contributed by atoms with Gasteiger partial charge in [-0.3, -0.25) is 9.67 Å². The average molecular weight is 826 g/mol. The van der Waals surface area contributed by atoms with E-state index in [1.54, 1.807) is 0 Å². The Labute approximate surface area is 360 Å². The molecule has 4 aliphatic heterocycles. The summed E-state index contributed by atoms with van der Waals surface area (Å²) in [5.74, 6) is -0.174. The Morgan fingerprint density at radius 1 is 0.934 bits per heavy atom. The van der Waals surface area contributed by atoms with E-state index in [1.165, 1.54) is 17.8 Å². The average Bonchev–Trinajstić information content (AvgIpc) is 3.65. The van der Waals surface area contributed by atoms with Crippen molar-refractivity contribution < 1.29 is 8.78 Å². The van der Waals surface area contributed by atoms with Crippen molar-refractivity contribution >= 4 is 28.7 Å². The molecule has 2 bridgehead atoms. The van der Waals surface area contributed by atoms with Gasteiger partial charge in [0.15, 0.2) is 0 Å². The van der Waals surface area contributed by atoms with Crippen LogP contribution in [0.3, 0.4) is 0 Å². The molecule has 2 aromatic heterocycles. The Morgan fingerprint density at radius 2 is 1.74 bits per heavy atom. The summed E-state index contributed by atoms with van der Waals surface area (Å²) >= 11 is 0. The minimum atomic E-state index is -0.491. The van der Waals surface area contributed by atoms with E-state index in [1.807, 2.05) is 24.9 Å². The lowest BCUT2D eigenvalue weighted by Gasteiger charge is -2.31. The number of pyridine rings is 1. The maximum absolute atomic E-state index is 15.4. The standard InChI is InChI=1S/C50H61F2N9/c1-31-12-9-10-14-47-42(29-53-59(47)8)46-27-39(24-33(3)55-46)34(4)56-50-57-45-18-16-38(28-48(45)61(50)30-31)36(6)58(7)40-13-11-21-60(23-20-40)22-19-37-25-43(51)49(44(52)26-37)41-17-15-32(2)54-35(41)5/h16,18,24-29,31,40-41,54H,2,4-6,9-15,17,19-23,30H2,1,3,7-8H3,(H,56,57)/t31-,40-,41+/m1/s1. The van der Waals surface area contributed by atoms with Gasteiger partial charge >= 0.3 is 0 Å². The molecule has 11 heteroatoms. The molecule has 8 rings (SSSR count). The molecular weight excluding hydrogens is 765 g/mol. The van der Waals surface area contributed by atoms with Crippen LogP contribution in [-0.2, 0) is 19.9 Å². The number of aliphatic imine (C=N–C) groups is 1. The van der Waals surface area contributed by atoms with Gasteiger partial charge in [-0.1, -0.05) is 45.7 Å². The van der Waals surface area contributed by atoms with Crippen LogP contribution in [0.2, 0.25) is 0 Å². The summed E-state index contributed by atoms with van der Waals surface area (Å²) in [7, 11) is 4.18. The topological polar surface area (TPSA) is 76.8 Å². The number of anilines is 2. The number of allylic oxidation sites excluding steroid dienone is 2. The van der Waals surface area contributed by atoms with Crippen molar-refractivity contribution in [3.8, 4) is 11.3 Å². The van der Waals surface area contributed by atoms with Gasteiger partial charge < -0.3 is 25.3 Å². The van der Waals surface area contributed by atoms with E-state index in [-0.39, 0.29) is 5.56 Å². The molecule has 2 aromatic carbocycles. The number of guanidine groups is 1. The van der Waals surface area contributed by atoms with Gasteiger partial charge in [-0.15, -0.1) is 0 Å². The minimum Gasteiger partial charge on any atom is -0.372 e. The van der Waals surface area contributed by atoms with Crippen LogP contribution < -0.4 is 15.5 Å². The van der Waals surface area contributed by atoms with Crippen molar-refractivity contribution in [1.82, 2.24) is 29.9 Å². The van der Waals surface area contributed by atoms with Gasteiger partial charge in [-0.2, -0.15) is 5.10 Å². The quantitative estimate of drug-likeness (QED) is 0.192. The van der Waals surface area contributed by atoms with Gasteiger partial charge in [0.05, 0.1) is 29.0 Å². The number of hydrogen-bond donors (Lipinski definition) is 2. The van der Waals surface area contributed by atoms with Crippen molar-refractivity contribution in [2.45, 2.75) is 90.0 Å². The molecule has 2 saturated heterocycles. The number of halogens is 2. The van der Waals surface area contributed by atoms with Gasteiger partial charge in [-0.05, 0) is 125 Å². The second-order valence-corrected chi connectivity index (χ2v) is 17.8. The Kier molecular flexibility index (Phi) is 12.3. The molecule has 320 valence electrons. The fourth-order valence-electron chi connectivity index (χ4n) is 9.70. The molecule has 9 nitrogen and oxygen atoms in total. The maximum atomic E-state index is 15.4. The van der Waals surface area contributed by atoms with E-state index in [9.17, 15) is 0 Å². The predicted octanol–water partition coefficient (Wildman–Crippen LogP) is 10.2. The Balaban J connectivity index is 0.941. The monoisotopic (exact) mass is 826 g/mol. The molecule has 4 aromatic rings. The van der Waals surface area contributed by atoms with Crippen LogP contribution in [0.4, 0.5) is 20.2 Å². The normalized spacial score (nSPS) is 22.1. The first-order chi connectivity index (χ1) is 29.3. The molecular formula is C50H61F2N9. The summed E-state index contributed by atoms with van der Waals surface area (Å²) in [5.41, 5.74) is 12.1. The summed E-state index contributed by atoms with van der Waals surface area (Å²) in [5, 5.41) is 11.3. The molecule has 0 aliphatic carbocycles. The zero-order valence-electron chi connectivity index (χ0n) is 36.5. The summed E-state index contributed by atoms with van der Waals surface area (Å²) in [6.45, 7) is 24.8. The van der Waals surface area contributed by atoms with Crippen molar-refractivity contribution in [3.05, 3.63) is 132 Å². The van der Waals surface area contributed by atoms with Crippen LogP contribution in [0.1, 0.15) is 97.8 Å². The Morgan fingerprint density at radius 3 is 2.52 bits per heavy atom. The third-order valence-corrected chi connectivity index (χ3v) is 13.3. The SMILES string of the molecule is C=C1CC[C@H](c2c(F)cc(CCN3CCC[C@@H](N(C)C(=C)c4ccc5c(c4)N4C[C@H](C)CCCCc6c(cnn6C)-c6cc(cc(C)n6)C(=C)/N=C/4N5)CC3)cc2F)C(=C)N1. The van der Waals surface area contributed by atoms with Crippen LogP contribution in [0.5, 0.6) is 0 Å². The van der Waals surface area contributed by atoms with E-state index in [4.69, 9.17) is 9.98 Å². The molecule has 0 radical (unpaired) electrons. The number of hydrogen-bond acceptors (Lipinski definition) is 8. The third kappa shape index (κ3) is 9.08. The van der Waals surface area contributed by atoms with Gasteiger partial charge in [0.1, 0.15) is 11.6 Å². The van der Waals surface area contributed by atoms with Crippen molar-refractivity contribution in [1.29, 1.82) is 0 Å². The molecule has 4 aliphatic rings. The summed E-state index contributed by atoms with van der Waals surface area (Å²) in [4.78, 5) is 17.2. The van der Waals surface area contributed by atoms with Crippen molar-refractivity contribution in [2.24, 2.45) is 18.0 Å². The summed E-state index contributed by atoms with van der Waals surface area (Å²) < 4.78 is 32.7. The van der Waals surface area contributed by atoms with E-state index in [0.29, 0.717) is 48.2 Å². The highest BCUT2D eigenvalue weighted by Crippen LogP contribution is 2.39. The molecule has 0 saturated carbocycles. The van der Waals surface area contributed by atoms with E-state index < -0.39 is 17.6 Å². The summed E-state index contributed by atoms with van der Waals surface area (Å²) in [6.07, 6.45) is 11.1. The maximum Gasteiger partial charge on any atom is 0.208 e.